The number of rotatable bonds is 4. The Morgan fingerprint density at radius 2 is 1.44 bits per heavy atom. The molecule has 0 fully saturated rings. The number of alkyl halides is 2. The molecule has 0 radical (unpaired) electrons. The third-order valence-corrected chi connectivity index (χ3v) is 2.96. The van der Waals surface area contributed by atoms with Crippen LogP contribution in [-0.4, -0.2) is 18.2 Å². The minimum Gasteiger partial charge on any atom is -0.319 e. The van der Waals surface area contributed by atoms with Gasteiger partial charge in [-0.2, -0.15) is 8.78 Å². The number of carbonyl (C=O) groups is 2. The highest BCUT2D eigenvalue weighted by Crippen LogP contribution is 2.25. The molecule has 2 aromatic rings. The summed E-state index contributed by atoms with van der Waals surface area (Å²) in [5.41, 5.74) is -2.33. The van der Waals surface area contributed by atoms with Crippen molar-refractivity contribution >= 4 is 23.2 Å². The molecular weight excluding hydrogens is 354 g/mol. The third-order valence-electron chi connectivity index (χ3n) is 2.96. The van der Waals surface area contributed by atoms with E-state index in [0.29, 0.717) is 6.07 Å². The molecule has 0 aliphatic carbocycles. The van der Waals surface area contributed by atoms with E-state index >= 15 is 0 Å². The fourth-order valence-corrected chi connectivity index (χ4v) is 1.80. The number of nitrogens with one attached hydrogen (secondary N) is 2. The number of halogens is 6. The van der Waals surface area contributed by atoms with Crippen LogP contribution in [0.25, 0.3) is 0 Å². The molecule has 0 spiro atoms. The number of hydrogen-bond acceptors (Lipinski definition) is 2. The van der Waals surface area contributed by atoms with Crippen LogP contribution < -0.4 is 10.6 Å². The van der Waals surface area contributed by atoms with Gasteiger partial charge in [0.2, 0.25) is 0 Å². The van der Waals surface area contributed by atoms with Gasteiger partial charge in [0.25, 0.3) is 11.8 Å². The van der Waals surface area contributed by atoms with E-state index in [2.05, 4.69) is 0 Å². The van der Waals surface area contributed by atoms with Crippen molar-refractivity contribution in [2.24, 2.45) is 0 Å². The molecule has 4 nitrogen and oxygen atoms in total. The maximum absolute atomic E-state index is 13.7. The summed E-state index contributed by atoms with van der Waals surface area (Å²) in [6, 6.07) is 3.44. The van der Waals surface area contributed by atoms with Gasteiger partial charge < -0.3 is 10.6 Å². The van der Waals surface area contributed by atoms with Crippen LogP contribution in [0.4, 0.5) is 37.7 Å². The first kappa shape index (κ1) is 18.3. The lowest BCUT2D eigenvalue weighted by atomic mass is 10.1. The zero-order valence-corrected chi connectivity index (χ0v) is 12.0. The van der Waals surface area contributed by atoms with Crippen LogP contribution in [0.1, 0.15) is 10.4 Å². The number of hydrogen-bond donors (Lipinski definition) is 2. The van der Waals surface area contributed by atoms with Crippen molar-refractivity contribution < 1.29 is 35.9 Å². The minimum atomic E-state index is -3.45. The Bertz CT molecular complexity index is 841. The number of carbonyl (C=O) groups excluding carboxylic acids is 2. The highest BCUT2D eigenvalue weighted by molar-refractivity contribution is 6.05. The molecule has 2 N–H and O–H groups in total. The van der Waals surface area contributed by atoms with Crippen molar-refractivity contribution in [1.82, 2.24) is 0 Å². The summed E-state index contributed by atoms with van der Waals surface area (Å²) < 4.78 is 78.2. The van der Waals surface area contributed by atoms with Gasteiger partial charge in [0.15, 0.2) is 11.6 Å². The minimum absolute atomic E-state index is 0.221. The Balaban J connectivity index is 2.31. The fourth-order valence-electron chi connectivity index (χ4n) is 1.80. The summed E-state index contributed by atoms with van der Waals surface area (Å²) in [7, 11) is 0. The summed E-state index contributed by atoms with van der Waals surface area (Å²) in [4.78, 5) is 22.8. The van der Waals surface area contributed by atoms with Crippen molar-refractivity contribution in [3.05, 3.63) is 59.2 Å². The Morgan fingerprint density at radius 3 is 2.04 bits per heavy atom. The molecule has 0 unspecified atom stereocenters. The van der Waals surface area contributed by atoms with Crippen LogP contribution in [0, 0.1) is 23.3 Å². The lowest BCUT2D eigenvalue weighted by Gasteiger charge is -2.11. The predicted octanol–water partition coefficient (Wildman–Crippen LogP) is 3.70. The van der Waals surface area contributed by atoms with Crippen LogP contribution in [0.2, 0.25) is 0 Å². The van der Waals surface area contributed by atoms with E-state index in [4.69, 9.17) is 0 Å². The topological polar surface area (TPSA) is 58.2 Å². The molecule has 2 amide bonds. The highest BCUT2D eigenvalue weighted by Gasteiger charge is 2.21. The van der Waals surface area contributed by atoms with Crippen molar-refractivity contribution in [2.75, 3.05) is 10.6 Å². The molecule has 0 atom stereocenters. The average Bonchev–Trinajstić information content (AvgIpc) is 2.54. The van der Waals surface area contributed by atoms with E-state index in [9.17, 15) is 35.9 Å². The van der Waals surface area contributed by atoms with Gasteiger partial charge in [0.05, 0.1) is 16.9 Å². The molecule has 0 aliphatic rings. The molecule has 0 aliphatic heterocycles. The maximum atomic E-state index is 13.7. The van der Waals surface area contributed by atoms with E-state index in [0.717, 1.165) is 18.2 Å². The maximum Gasteiger partial charge on any atom is 0.315 e. The molecule has 132 valence electrons. The van der Waals surface area contributed by atoms with Crippen molar-refractivity contribution in [1.29, 1.82) is 0 Å². The van der Waals surface area contributed by atoms with E-state index < -0.39 is 58.4 Å². The summed E-state index contributed by atoms with van der Waals surface area (Å²) in [6.45, 7) is 0. The smallest absolute Gasteiger partial charge is 0.315 e. The average molecular weight is 362 g/mol. The quantitative estimate of drug-likeness (QED) is 0.815. The fraction of sp³-hybridized carbons (Fsp3) is 0.0667. The number of benzene rings is 2. The van der Waals surface area contributed by atoms with Gasteiger partial charge >= 0.3 is 6.43 Å². The monoisotopic (exact) mass is 362 g/mol. The summed E-state index contributed by atoms with van der Waals surface area (Å²) in [6.07, 6.45) is -3.45. The molecule has 0 aromatic heterocycles. The molecule has 10 heteroatoms. The second-order valence-electron chi connectivity index (χ2n) is 4.66. The Kier molecular flexibility index (Phi) is 5.30. The zero-order chi connectivity index (χ0) is 18.7. The van der Waals surface area contributed by atoms with Crippen LogP contribution in [0.3, 0.4) is 0 Å². The van der Waals surface area contributed by atoms with E-state index in [1.54, 1.807) is 0 Å². The zero-order valence-electron chi connectivity index (χ0n) is 12.0. The Morgan fingerprint density at radius 1 is 0.840 bits per heavy atom. The standard InChI is InChI=1S/C15H8F6N2O2/c16-7-3-1-2-6(12(7)19)14(24)22-10-5-11(9(18)4-8(10)17)23-15(25)13(20)21/h1-5,13H,(H,22,24)(H,23,25). The lowest BCUT2D eigenvalue weighted by Crippen LogP contribution is -2.21. The van der Waals surface area contributed by atoms with Crippen LogP contribution in [-0.2, 0) is 4.79 Å². The first-order chi connectivity index (χ1) is 11.7. The van der Waals surface area contributed by atoms with Gasteiger partial charge in [-0.1, -0.05) is 6.07 Å². The second kappa shape index (κ2) is 7.24. The van der Waals surface area contributed by atoms with Crippen molar-refractivity contribution in [3.8, 4) is 0 Å². The van der Waals surface area contributed by atoms with Gasteiger partial charge in [0.1, 0.15) is 11.6 Å². The van der Waals surface area contributed by atoms with E-state index in [-0.39, 0.29) is 6.07 Å². The van der Waals surface area contributed by atoms with E-state index in [1.807, 2.05) is 5.32 Å². The number of amides is 2. The summed E-state index contributed by atoms with van der Waals surface area (Å²) in [5, 5.41) is 3.33. The lowest BCUT2D eigenvalue weighted by molar-refractivity contribution is -0.126. The molecule has 2 aromatic carbocycles. The van der Waals surface area contributed by atoms with Gasteiger partial charge in [-0.25, -0.2) is 17.6 Å². The van der Waals surface area contributed by atoms with Crippen LogP contribution in [0.5, 0.6) is 0 Å². The molecule has 25 heavy (non-hydrogen) atoms. The van der Waals surface area contributed by atoms with Gasteiger partial charge in [0, 0.05) is 6.07 Å². The summed E-state index contributed by atoms with van der Waals surface area (Å²) in [5.74, 6) is -8.63. The van der Waals surface area contributed by atoms with Crippen molar-refractivity contribution in [3.63, 3.8) is 0 Å². The molecule has 0 saturated carbocycles. The normalized spacial score (nSPS) is 10.7. The van der Waals surface area contributed by atoms with Gasteiger partial charge in [-0.15, -0.1) is 0 Å². The SMILES string of the molecule is O=C(Nc1cc(NC(=O)C(F)F)c(F)cc1F)c1cccc(F)c1F. The van der Waals surface area contributed by atoms with Crippen LogP contribution in [0.15, 0.2) is 30.3 Å². The first-order valence-corrected chi connectivity index (χ1v) is 6.54. The van der Waals surface area contributed by atoms with Crippen molar-refractivity contribution in [2.45, 2.75) is 6.43 Å². The molecular formula is C15H8F6N2O2. The first-order valence-electron chi connectivity index (χ1n) is 6.54. The largest absolute Gasteiger partial charge is 0.319 e. The van der Waals surface area contributed by atoms with E-state index in [1.165, 1.54) is 5.32 Å². The summed E-state index contributed by atoms with van der Waals surface area (Å²) >= 11 is 0. The molecule has 2 rings (SSSR count). The molecule has 0 heterocycles. The van der Waals surface area contributed by atoms with Crippen LogP contribution >= 0.6 is 0 Å². The Hall–Kier alpha value is -3.04. The third kappa shape index (κ3) is 4.08. The molecule has 0 saturated heterocycles. The Labute approximate surface area is 136 Å². The van der Waals surface area contributed by atoms with Gasteiger partial charge in [-0.05, 0) is 18.2 Å². The second-order valence-corrected chi connectivity index (χ2v) is 4.66. The highest BCUT2D eigenvalue weighted by atomic mass is 19.3. The molecule has 0 bridgehead atoms. The van der Waals surface area contributed by atoms with Gasteiger partial charge in [-0.3, -0.25) is 9.59 Å². The predicted molar refractivity (Wildman–Crippen MR) is 75.3 cm³/mol. The number of anilines is 2.